The minimum atomic E-state index is -1.12. The number of aromatic hydroxyl groups is 1. The van der Waals surface area contributed by atoms with E-state index in [1.54, 1.807) is 12.1 Å². The molecule has 4 rings (SSSR count). The summed E-state index contributed by atoms with van der Waals surface area (Å²) in [6, 6.07) is 22.9. The lowest BCUT2D eigenvalue weighted by atomic mass is 10.0. The minimum Gasteiger partial charge on any atom is -0.872 e. The van der Waals surface area contributed by atoms with Crippen LogP contribution in [0.4, 0.5) is 0 Å². The van der Waals surface area contributed by atoms with Gasteiger partial charge in [0, 0.05) is 16.1 Å². The fourth-order valence-electron chi connectivity index (χ4n) is 3.90. The normalized spacial score (nSPS) is 10.9. The van der Waals surface area contributed by atoms with Gasteiger partial charge < -0.3 is 24.5 Å². The lowest BCUT2D eigenvalue weighted by molar-refractivity contribution is -0.903. The van der Waals surface area contributed by atoms with Crippen LogP contribution in [-0.4, -0.2) is 53.7 Å². The molecule has 8 heteroatoms. The van der Waals surface area contributed by atoms with Crippen LogP contribution in [0.5, 0.6) is 17.2 Å². The second kappa shape index (κ2) is 12.4. The molecular weight excluding hydrogens is 506 g/mol. The Hall–Kier alpha value is -4.07. The van der Waals surface area contributed by atoms with Gasteiger partial charge in [-0.25, -0.2) is 4.79 Å². The van der Waals surface area contributed by atoms with Gasteiger partial charge in [-0.2, -0.15) is 0 Å². The third-order valence-corrected chi connectivity index (χ3v) is 6.13. The van der Waals surface area contributed by atoms with Crippen LogP contribution >= 0.6 is 11.6 Å². The Balaban J connectivity index is 0.000000241. The summed E-state index contributed by atoms with van der Waals surface area (Å²) >= 11 is 6.06. The van der Waals surface area contributed by atoms with E-state index in [1.807, 2.05) is 62.6 Å². The van der Waals surface area contributed by atoms with Gasteiger partial charge in [-0.15, -0.1) is 0 Å². The molecular formula is C30H30ClNO6. The summed E-state index contributed by atoms with van der Waals surface area (Å²) in [5, 5.41) is 32.6. The number of phenols is 1. The van der Waals surface area contributed by atoms with Gasteiger partial charge in [0.2, 0.25) is 0 Å². The van der Waals surface area contributed by atoms with Crippen molar-refractivity contribution < 1.29 is 34.1 Å². The van der Waals surface area contributed by atoms with Crippen molar-refractivity contribution in [3.8, 4) is 17.2 Å². The van der Waals surface area contributed by atoms with Gasteiger partial charge in [-0.1, -0.05) is 59.8 Å². The molecule has 0 spiro atoms. The third kappa shape index (κ3) is 7.71. The highest BCUT2D eigenvalue weighted by atomic mass is 35.5. The number of benzene rings is 4. The summed E-state index contributed by atoms with van der Waals surface area (Å²) in [5.41, 5.74) is 0.638. The molecule has 0 aliphatic carbocycles. The van der Waals surface area contributed by atoms with Crippen molar-refractivity contribution in [2.75, 3.05) is 27.2 Å². The molecule has 0 bridgehead atoms. The number of carbonyl (C=O) groups excluding carboxylic acids is 1. The summed E-state index contributed by atoms with van der Waals surface area (Å²) in [7, 11) is 4.03. The van der Waals surface area contributed by atoms with Crippen LogP contribution in [-0.2, 0) is 6.54 Å². The maximum absolute atomic E-state index is 12.4. The lowest BCUT2D eigenvalue weighted by Gasteiger charge is -2.32. The van der Waals surface area contributed by atoms with Crippen LogP contribution in [0.15, 0.2) is 78.9 Å². The predicted octanol–water partition coefficient (Wildman–Crippen LogP) is 5.52. The number of Topliss-reactive ketones (excluding diaryl/α,β-unsaturated/α-hetero) is 1. The second-order valence-corrected chi connectivity index (χ2v) is 9.93. The quantitative estimate of drug-likeness (QED) is 0.227. The topological polar surface area (TPSA) is 107 Å². The molecule has 0 radical (unpaired) electrons. The zero-order valence-corrected chi connectivity index (χ0v) is 22.2. The fourth-order valence-corrected chi connectivity index (χ4v) is 4.14. The number of quaternary nitrogens is 1. The first-order valence-electron chi connectivity index (χ1n) is 11.9. The summed E-state index contributed by atoms with van der Waals surface area (Å²) in [6.45, 7) is 3.12. The first-order chi connectivity index (χ1) is 18.0. The van der Waals surface area contributed by atoms with E-state index < -0.39 is 5.97 Å². The summed E-state index contributed by atoms with van der Waals surface area (Å²) in [4.78, 5) is 22.3. The van der Waals surface area contributed by atoms with Crippen molar-refractivity contribution in [1.82, 2.24) is 0 Å². The SMILES string of the molecule is CC(=O)c1cc(Cl)cc(C[N+](C)(C)CCOc2ccccc2)c1[O-].O=C(O)c1cc2ccccc2cc1O. The third-order valence-electron chi connectivity index (χ3n) is 5.91. The molecule has 38 heavy (non-hydrogen) atoms. The number of aromatic carboxylic acids is 1. The molecule has 0 saturated carbocycles. The molecule has 4 aromatic carbocycles. The molecule has 198 valence electrons. The molecule has 0 heterocycles. The zero-order valence-electron chi connectivity index (χ0n) is 21.5. The van der Waals surface area contributed by atoms with E-state index >= 15 is 0 Å². The van der Waals surface area contributed by atoms with E-state index in [4.69, 9.17) is 21.4 Å². The highest BCUT2D eigenvalue weighted by Gasteiger charge is 2.19. The Kier molecular flexibility index (Phi) is 9.34. The standard InChI is InChI=1S/C19H22ClNO3.C11H8O3/c1-14(22)18-12-16(20)11-15(19(18)23)13-21(2,3)9-10-24-17-7-5-4-6-8-17;12-10-6-8-4-2-1-3-7(8)5-9(10)11(13)14/h4-8,11-12H,9-10,13H2,1-3H3;1-6,12H,(H,13,14). The van der Waals surface area contributed by atoms with Crippen LogP contribution in [0.2, 0.25) is 5.02 Å². The predicted molar refractivity (Wildman–Crippen MR) is 146 cm³/mol. The molecule has 4 aromatic rings. The van der Waals surface area contributed by atoms with E-state index in [-0.39, 0.29) is 28.4 Å². The molecule has 2 N–H and O–H groups in total. The maximum Gasteiger partial charge on any atom is 0.339 e. The highest BCUT2D eigenvalue weighted by Crippen LogP contribution is 2.28. The Morgan fingerprint density at radius 2 is 1.53 bits per heavy atom. The van der Waals surface area contributed by atoms with Crippen molar-refractivity contribution in [2.24, 2.45) is 0 Å². The smallest absolute Gasteiger partial charge is 0.339 e. The number of likely N-dealkylation sites (N-methyl/N-ethyl adjacent to an activating group) is 1. The number of carboxylic acids is 1. The molecule has 0 unspecified atom stereocenters. The number of hydrogen-bond acceptors (Lipinski definition) is 5. The number of nitrogens with zero attached hydrogens (tertiary/aromatic N) is 1. The van der Waals surface area contributed by atoms with Crippen molar-refractivity contribution in [3.63, 3.8) is 0 Å². The van der Waals surface area contributed by atoms with Crippen LogP contribution in [0.1, 0.15) is 33.2 Å². The molecule has 0 aliphatic heterocycles. The number of hydrogen-bond donors (Lipinski definition) is 2. The molecule has 0 saturated heterocycles. The number of rotatable bonds is 8. The highest BCUT2D eigenvalue weighted by molar-refractivity contribution is 6.31. The number of ether oxygens (including phenoxy) is 1. The average Bonchev–Trinajstić information content (AvgIpc) is 2.86. The number of halogens is 1. The molecule has 7 nitrogen and oxygen atoms in total. The number of carboxylic acid groups (broad SMARTS) is 1. The first-order valence-corrected chi connectivity index (χ1v) is 12.3. The van der Waals surface area contributed by atoms with Crippen LogP contribution in [0, 0.1) is 0 Å². The molecule has 0 aromatic heterocycles. The van der Waals surface area contributed by atoms with Gasteiger partial charge in [0.15, 0.2) is 5.78 Å². The van der Waals surface area contributed by atoms with E-state index in [9.17, 15) is 19.8 Å². The number of para-hydroxylation sites is 1. The largest absolute Gasteiger partial charge is 0.872 e. The van der Waals surface area contributed by atoms with Gasteiger partial charge in [-0.05, 0) is 54.1 Å². The Morgan fingerprint density at radius 3 is 2.13 bits per heavy atom. The van der Waals surface area contributed by atoms with Gasteiger partial charge in [0.05, 0.1) is 14.1 Å². The minimum absolute atomic E-state index is 0.0660. The molecule has 0 fully saturated rings. The molecule has 0 aliphatic rings. The fraction of sp³-hybridized carbons (Fsp3) is 0.200. The van der Waals surface area contributed by atoms with E-state index in [2.05, 4.69) is 0 Å². The van der Waals surface area contributed by atoms with Crippen molar-refractivity contribution in [1.29, 1.82) is 0 Å². The van der Waals surface area contributed by atoms with E-state index in [1.165, 1.54) is 25.1 Å². The van der Waals surface area contributed by atoms with Crippen molar-refractivity contribution >= 4 is 34.1 Å². The number of ketones is 1. The summed E-state index contributed by atoms with van der Waals surface area (Å²) in [5.74, 6) is -0.989. The van der Waals surface area contributed by atoms with Crippen molar-refractivity contribution in [3.05, 3.63) is 101 Å². The van der Waals surface area contributed by atoms with Gasteiger partial charge in [-0.3, -0.25) is 4.79 Å². The maximum atomic E-state index is 12.4. The first kappa shape index (κ1) is 28.5. The lowest BCUT2D eigenvalue weighted by Crippen LogP contribution is -2.42. The summed E-state index contributed by atoms with van der Waals surface area (Å²) < 4.78 is 6.28. The Labute approximate surface area is 226 Å². The monoisotopic (exact) mass is 535 g/mol. The Bertz CT molecular complexity index is 1440. The van der Waals surface area contributed by atoms with Crippen molar-refractivity contribution in [2.45, 2.75) is 13.5 Å². The molecule has 0 atom stereocenters. The second-order valence-electron chi connectivity index (χ2n) is 9.50. The van der Waals surface area contributed by atoms with Crippen LogP contribution in [0.25, 0.3) is 10.8 Å². The Morgan fingerprint density at radius 1 is 0.921 bits per heavy atom. The number of carbonyl (C=O) groups is 2. The molecule has 0 amide bonds. The summed E-state index contributed by atoms with van der Waals surface area (Å²) in [6.07, 6.45) is 0. The average molecular weight is 536 g/mol. The van der Waals surface area contributed by atoms with Gasteiger partial charge in [0.1, 0.15) is 36.8 Å². The van der Waals surface area contributed by atoms with Crippen LogP contribution < -0.4 is 9.84 Å². The van der Waals surface area contributed by atoms with Gasteiger partial charge >= 0.3 is 5.97 Å². The number of fused-ring (bicyclic) bond motifs is 1. The van der Waals surface area contributed by atoms with Crippen LogP contribution in [0.3, 0.4) is 0 Å². The zero-order chi connectivity index (χ0) is 27.9. The van der Waals surface area contributed by atoms with Gasteiger partial charge in [0.25, 0.3) is 0 Å². The van der Waals surface area contributed by atoms with E-state index in [0.29, 0.717) is 28.2 Å². The van der Waals surface area contributed by atoms with E-state index in [0.717, 1.165) is 23.1 Å².